The van der Waals surface area contributed by atoms with Crippen LogP contribution < -0.4 is 11.1 Å². The van der Waals surface area contributed by atoms with E-state index in [1.165, 1.54) is 35.5 Å². The van der Waals surface area contributed by atoms with Crippen LogP contribution in [0, 0.1) is 0 Å². The second kappa shape index (κ2) is 9.72. The highest BCUT2D eigenvalue weighted by Gasteiger charge is 2.54. The average molecular weight is 509 g/mol. The maximum atomic E-state index is 12.8. The van der Waals surface area contributed by atoms with Gasteiger partial charge in [0.25, 0.3) is 11.8 Å². The van der Waals surface area contributed by atoms with E-state index in [9.17, 15) is 19.5 Å². The highest BCUT2D eigenvalue weighted by molar-refractivity contribution is 8.01. The molecule has 13 nitrogen and oxygen atoms in total. The number of carboxylic acids is 1. The van der Waals surface area contributed by atoms with E-state index in [4.69, 9.17) is 10.6 Å². The lowest BCUT2D eigenvalue weighted by atomic mass is 10.0. The fraction of sp³-hybridized carbons (Fsp3) is 0.294. The second-order valence-corrected chi connectivity index (χ2v) is 9.41. The van der Waals surface area contributed by atoms with Crippen LogP contribution >= 0.6 is 35.1 Å². The summed E-state index contributed by atoms with van der Waals surface area (Å²) in [5.74, 6) is -1.81. The molecule has 0 aliphatic carbocycles. The van der Waals surface area contributed by atoms with Gasteiger partial charge in [-0.05, 0) is 5.57 Å². The minimum absolute atomic E-state index is 0.0359. The molecule has 0 spiro atoms. The summed E-state index contributed by atoms with van der Waals surface area (Å²) >= 11 is 3.56. The van der Waals surface area contributed by atoms with E-state index in [-0.39, 0.29) is 22.4 Å². The number of nitrogens with one attached hydrogen (secondary N) is 1. The Balaban J connectivity index is 1.49. The first-order chi connectivity index (χ1) is 15.9. The lowest BCUT2D eigenvalue weighted by Gasteiger charge is -2.49. The minimum atomic E-state index is -1.21. The largest absolute Gasteiger partial charge is 0.477 e. The van der Waals surface area contributed by atoms with Crippen molar-refractivity contribution in [3.63, 3.8) is 0 Å². The van der Waals surface area contributed by atoms with Gasteiger partial charge in [0.15, 0.2) is 5.13 Å². The molecule has 2 atom stereocenters. The number of amides is 2. The van der Waals surface area contributed by atoms with Gasteiger partial charge in [0, 0.05) is 35.4 Å². The van der Waals surface area contributed by atoms with Crippen molar-refractivity contribution in [2.75, 3.05) is 24.3 Å². The standard InChI is InChI=1S/C17H16N8O5S3/c1-30-23-9(12-22-17(18)33-24-12)13(26)21-10-14(27)25-11(16(28)29)7(6-32-15(10)25)5-31-8-4-19-2-3-20-8/h2-4,10,15H,5-6H2,1H3,(H,21,26)(H,28,29)(H2,18,22,24)/b23-9+/t10?,15-/m1/s1. The van der Waals surface area contributed by atoms with Gasteiger partial charge >= 0.3 is 5.97 Å². The fourth-order valence-corrected chi connectivity index (χ4v) is 5.87. The zero-order valence-electron chi connectivity index (χ0n) is 16.9. The van der Waals surface area contributed by atoms with Crippen LogP contribution in [0.15, 0.2) is 40.0 Å². The second-order valence-electron chi connectivity index (χ2n) is 6.53. The molecule has 1 unspecified atom stereocenters. The van der Waals surface area contributed by atoms with E-state index >= 15 is 0 Å². The lowest BCUT2D eigenvalue weighted by molar-refractivity contribution is -0.150. The molecule has 0 saturated carbocycles. The smallest absolute Gasteiger partial charge is 0.352 e. The molecule has 4 heterocycles. The van der Waals surface area contributed by atoms with Crippen molar-refractivity contribution in [2.45, 2.75) is 16.4 Å². The van der Waals surface area contributed by atoms with Gasteiger partial charge in [0.1, 0.15) is 29.2 Å². The van der Waals surface area contributed by atoms with Crippen molar-refractivity contribution in [3.8, 4) is 0 Å². The molecule has 16 heteroatoms. The van der Waals surface area contributed by atoms with Gasteiger partial charge in [-0.25, -0.2) is 9.78 Å². The van der Waals surface area contributed by atoms with Crippen LogP contribution in [0.3, 0.4) is 0 Å². The number of hydrogen-bond acceptors (Lipinski definition) is 13. The third-order valence-electron chi connectivity index (χ3n) is 4.52. The third kappa shape index (κ3) is 4.62. The predicted molar refractivity (Wildman–Crippen MR) is 120 cm³/mol. The van der Waals surface area contributed by atoms with E-state index in [0.717, 1.165) is 11.5 Å². The predicted octanol–water partition coefficient (Wildman–Crippen LogP) is -0.208. The Labute approximate surface area is 199 Å². The Morgan fingerprint density at radius 2 is 2.27 bits per heavy atom. The van der Waals surface area contributed by atoms with Gasteiger partial charge in [0.05, 0.1) is 6.20 Å². The van der Waals surface area contributed by atoms with Crippen LogP contribution in [-0.2, 0) is 19.2 Å². The zero-order valence-corrected chi connectivity index (χ0v) is 19.3. The van der Waals surface area contributed by atoms with Crippen molar-refractivity contribution in [2.24, 2.45) is 5.16 Å². The van der Waals surface area contributed by atoms with Gasteiger partial charge < -0.3 is 21.0 Å². The summed E-state index contributed by atoms with van der Waals surface area (Å²) in [6, 6.07) is -0.941. The summed E-state index contributed by atoms with van der Waals surface area (Å²) < 4.78 is 3.93. The first-order valence-electron chi connectivity index (χ1n) is 9.21. The van der Waals surface area contributed by atoms with Crippen molar-refractivity contribution in [1.29, 1.82) is 0 Å². The lowest BCUT2D eigenvalue weighted by Crippen LogP contribution is -2.71. The first-order valence-corrected chi connectivity index (χ1v) is 12.0. The number of thioether (sulfide) groups is 2. The molecule has 2 aromatic rings. The molecule has 1 fully saturated rings. The Morgan fingerprint density at radius 3 is 2.91 bits per heavy atom. The van der Waals surface area contributed by atoms with Crippen LogP contribution in [0.5, 0.6) is 0 Å². The van der Waals surface area contributed by atoms with Crippen LogP contribution in [0.4, 0.5) is 5.13 Å². The van der Waals surface area contributed by atoms with Crippen molar-refractivity contribution in [1.82, 2.24) is 29.5 Å². The quantitative estimate of drug-likeness (QED) is 0.185. The van der Waals surface area contributed by atoms with Crippen LogP contribution in [-0.4, -0.2) is 82.9 Å². The number of carbonyl (C=O) groups excluding carboxylic acids is 2. The maximum Gasteiger partial charge on any atom is 0.352 e. The molecule has 33 heavy (non-hydrogen) atoms. The minimum Gasteiger partial charge on any atom is -0.477 e. The summed E-state index contributed by atoms with van der Waals surface area (Å²) in [6.45, 7) is 0. The molecule has 0 bridgehead atoms. The number of nitrogens with two attached hydrogens (primary N) is 1. The van der Waals surface area contributed by atoms with E-state index in [1.54, 1.807) is 18.6 Å². The monoisotopic (exact) mass is 508 g/mol. The van der Waals surface area contributed by atoms with E-state index in [2.05, 4.69) is 29.8 Å². The number of aliphatic carboxylic acids is 1. The number of anilines is 1. The number of carbonyl (C=O) groups is 3. The molecule has 2 aliphatic heterocycles. The van der Waals surface area contributed by atoms with Gasteiger partial charge in [-0.1, -0.05) is 5.16 Å². The van der Waals surface area contributed by atoms with Gasteiger partial charge in [-0.2, -0.15) is 9.36 Å². The Kier molecular flexibility index (Phi) is 6.75. The number of carboxylic acid groups (broad SMARTS) is 1. The maximum absolute atomic E-state index is 12.8. The van der Waals surface area contributed by atoms with Crippen molar-refractivity contribution >= 4 is 63.7 Å². The average Bonchev–Trinajstić information content (AvgIpc) is 3.25. The van der Waals surface area contributed by atoms with E-state index in [1.807, 2.05) is 0 Å². The summed E-state index contributed by atoms with van der Waals surface area (Å²) in [7, 11) is 1.25. The number of nitrogen functional groups attached to an aromatic ring is 1. The number of fused-ring (bicyclic) bond motifs is 1. The number of hydrogen-bond donors (Lipinski definition) is 3. The highest BCUT2D eigenvalue weighted by atomic mass is 32.2. The number of β-lactam (4-membered cyclic amide) rings is 1. The third-order valence-corrected chi connectivity index (χ3v) is 7.40. The molecular weight excluding hydrogens is 492 g/mol. The Bertz CT molecular complexity index is 1150. The number of aromatic nitrogens is 4. The van der Waals surface area contributed by atoms with Gasteiger partial charge in [-0.15, -0.1) is 23.5 Å². The Morgan fingerprint density at radius 1 is 1.45 bits per heavy atom. The molecule has 4 N–H and O–H groups in total. The summed E-state index contributed by atoms with van der Waals surface area (Å²) in [4.78, 5) is 55.5. The van der Waals surface area contributed by atoms with E-state index in [0.29, 0.717) is 22.1 Å². The number of rotatable bonds is 8. The van der Waals surface area contributed by atoms with Crippen LogP contribution in [0.25, 0.3) is 0 Å². The summed E-state index contributed by atoms with van der Waals surface area (Å²) in [5, 5.41) is 16.2. The zero-order chi connectivity index (χ0) is 23.5. The number of oxime groups is 1. The highest BCUT2D eigenvalue weighted by Crippen LogP contribution is 2.41. The van der Waals surface area contributed by atoms with Crippen molar-refractivity contribution in [3.05, 3.63) is 35.7 Å². The molecule has 2 amide bonds. The summed E-state index contributed by atoms with van der Waals surface area (Å²) in [5.41, 5.74) is 5.83. The molecule has 2 aromatic heterocycles. The molecule has 0 radical (unpaired) electrons. The van der Waals surface area contributed by atoms with Crippen molar-refractivity contribution < 1.29 is 24.3 Å². The fourth-order valence-electron chi connectivity index (χ4n) is 3.13. The SMILES string of the molecule is CO/N=C(/C(=O)NC1C(=O)N2C(C(=O)O)=C(CSc3cnccn3)CS[C@H]12)c1nsc(N)n1. The molecule has 1 saturated heterocycles. The van der Waals surface area contributed by atoms with Crippen LogP contribution in [0.1, 0.15) is 5.82 Å². The molecule has 172 valence electrons. The normalized spacial score (nSPS) is 20.2. The first kappa shape index (κ1) is 22.9. The number of nitrogens with zero attached hydrogens (tertiary/aromatic N) is 6. The van der Waals surface area contributed by atoms with Gasteiger partial charge in [0.2, 0.25) is 11.5 Å². The van der Waals surface area contributed by atoms with E-state index < -0.39 is 29.2 Å². The Hall–Kier alpha value is -3.24. The molecule has 4 rings (SSSR count). The van der Waals surface area contributed by atoms with Gasteiger partial charge in [-0.3, -0.25) is 19.5 Å². The topological polar surface area (TPSA) is 186 Å². The molecular formula is C17H16N8O5S3. The molecule has 2 aliphatic rings. The van der Waals surface area contributed by atoms with Crippen LogP contribution in [0.2, 0.25) is 0 Å². The summed E-state index contributed by atoms with van der Waals surface area (Å²) in [6.07, 6.45) is 4.67. The molecule has 0 aromatic carbocycles.